The first kappa shape index (κ1) is 21.5. The van der Waals surface area contributed by atoms with Crippen molar-refractivity contribution in [2.75, 3.05) is 0 Å². The number of rotatable bonds is 2. The van der Waals surface area contributed by atoms with Crippen molar-refractivity contribution in [3.05, 3.63) is 133 Å². The third-order valence-corrected chi connectivity index (χ3v) is 5.93. The van der Waals surface area contributed by atoms with Crippen molar-refractivity contribution in [2.45, 2.75) is 13.8 Å². The van der Waals surface area contributed by atoms with Gasteiger partial charge in [0, 0.05) is 23.5 Å². The van der Waals surface area contributed by atoms with E-state index < -0.39 is 0 Å². The molecule has 34 heavy (non-hydrogen) atoms. The quantitative estimate of drug-likeness (QED) is 0.271. The van der Waals surface area contributed by atoms with Crippen LogP contribution in [0.3, 0.4) is 0 Å². The highest BCUT2D eigenvalue weighted by molar-refractivity contribution is 5.95. The van der Waals surface area contributed by atoms with Gasteiger partial charge in [0.15, 0.2) is 0 Å². The van der Waals surface area contributed by atoms with E-state index in [1.54, 1.807) is 0 Å². The molecule has 2 nitrogen and oxygen atoms in total. The van der Waals surface area contributed by atoms with Crippen molar-refractivity contribution < 1.29 is 0 Å². The topological polar surface area (TPSA) is 25.8 Å². The highest BCUT2D eigenvalue weighted by Gasteiger charge is 2.03. The molecule has 0 unspecified atom stereocenters. The zero-order valence-corrected chi connectivity index (χ0v) is 19.4. The van der Waals surface area contributed by atoms with Gasteiger partial charge in [0.1, 0.15) is 0 Å². The van der Waals surface area contributed by atoms with Crippen molar-refractivity contribution in [1.82, 2.24) is 9.97 Å². The second-order valence-corrected chi connectivity index (χ2v) is 8.53. The normalized spacial score (nSPS) is 10.6. The summed E-state index contributed by atoms with van der Waals surface area (Å²) in [6, 6.07) is 37.9. The van der Waals surface area contributed by atoms with Gasteiger partial charge < -0.3 is 0 Å². The van der Waals surface area contributed by atoms with Gasteiger partial charge >= 0.3 is 0 Å². The molecule has 0 atom stereocenters. The molecule has 2 heterocycles. The molecule has 0 fully saturated rings. The van der Waals surface area contributed by atoms with Crippen molar-refractivity contribution in [3.8, 4) is 22.5 Å². The standard InChI is InChI=1S/2C16H13N/c1-12-9-10-16(17-11-12)15-8-4-6-13-5-2-3-7-14(13)15;1-12-6-9-16(17-11-12)15-8-7-13-4-2-3-5-14(13)10-15/h2*2-11H,1H3. The Bertz CT molecular complexity index is 1540. The number of aryl methyl sites for hydroxylation is 2. The van der Waals surface area contributed by atoms with E-state index in [0.29, 0.717) is 0 Å². The fourth-order valence-electron chi connectivity index (χ4n) is 4.06. The van der Waals surface area contributed by atoms with Gasteiger partial charge in [-0.2, -0.15) is 0 Å². The van der Waals surface area contributed by atoms with Gasteiger partial charge in [0.25, 0.3) is 0 Å². The summed E-state index contributed by atoms with van der Waals surface area (Å²) in [5.41, 5.74) is 6.81. The molecule has 0 aliphatic heterocycles. The first-order valence-electron chi connectivity index (χ1n) is 11.5. The summed E-state index contributed by atoms with van der Waals surface area (Å²) >= 11 is 0. The summed E-state index contributed by atoms with van der Waals surface area (Å²) in [6.07, 6.45) is 3.82. The maximum absolute atomic E-state index is 4.50. The van der Waals surface area contributed by atoms with Gasteiger partial charge in [-0.15, -0.1) is 0 Å². The molecule has 6 rings (SSSR count). The smallest absolute Gasteiger partial charge is 0.0708 e. The third-order valence-electron chi connectivity index (χ3n) is 5.93. The number of pyridine rings is 2. The van der Waals surface area contributed by atoms with Gasteiger partial charge in [0.2, 0.25) is 0 Å². The maximum atomic E-state index is 4.50. The van der Waals surface area contributed by atoms with Crippen LogP contribution >= 0.6 is 0 Å². The Morgan fingerprint density at radius 3 is 1.79 bits per heavy atom. The number of fused-ring (bicyclic) bond motifs is 2. The molecule has 0 aliphatic carbocycles. The molecule has 2 heteroatoms. The molecule has 0 radical (unpaired) electrons. The summed E-state index contributed by atoms with van der Waals surface area (Å²) in [7, 11) is 0. The predicted octanol–water partition coefficient (Wildman–Crippen LogP) is 8.42. The molecule has 0 amide bonds. The molecule has 0 N–H and O–H groups in total. The third kappa shape index (κ3) is 4.72. The second-order valence-electron chi connectivity index (χ2n) is 8.53. The van der Waals surface area contributed by atoms with Crippen LogP contribution in [0.5, 0.6) is 0 Å². The maximum Gasteiger partial charge on any atom is 0.0708 e. The molecule has 4 aromatic carbocycles. The van der Waals surface area contributed by atoms with E-state index >= 15 is 0 Å². The molecule has 2 aromatic heterocycles. The van der Waals surface area contributed by atoms with Crippen molar-refractivity contribution in [2.24, 2.45) is 0 Å². The monoisotopic (exact) mass is 438 g/mol. The first-order valence-corrected chi connectivity index (χ1v) is 11.5. The summed E-state index contributed by atoms with van der Waals surface area (Å²) in [4.78, 5) is 8.95. The average molecular weight is 439 g/mol. The number of aromatic nitrogens is 2. The lowest BCUT2D eigenvalue weighted by Crippen LogP contribution is -1.85. The number of nitrogens with zero attached hydrogens (tertiary/aromatic N) is 2. The Labute approximate surface area is 200 Å². The van der Waals surface area contributed by atoms with Crippen molar-refractivity contribution in [1.29, 1.82) is 0 Å². The highest BCUT2D eigenvalue weighted by Crippen LogP contribution is 2.27. The molecule has 0 saturated heterocycles. The van der Waals surface area contributed by atoms with Crippen LogP contribution < -0.4 is 0 Å². The van der Waals surface area contributed by atoms with Crippen molar-refractivity contribution >= 4 is 21.5 Å². The van der Waals surface area contributed by atoms with E-state index in [-0.39, 0.29) is 0 Å². The molecular formula is C32H26N2. The zero-order chi connectivity index (χ0) is 23.3. The zero-order valence-electron chi connectivity index (χ0n) is 19.4. The van der Waals surface area contributed by atoms with E-state index in [1.165, 1.54) is 43.8 Å². The Balaban J connectivity index is 0.000000142. The fraction of sp³-hybridized carbons (Fsp3) is 0.0625. The molecule has 164 valence electrons. The number of benzene rings is 4. The summed E-state index contributed by atoms with van der Waals surface area (Å²) in [5, 5.41) is 5.04. The summed E-state index contributed by atoms with van der Waals surface area (Å²) in [5.74, 6) is 0. The van der Waals surface area contributed by atoms with Crippen LogP contribution in [0.4, 0.5) is 0 Å². The Kier molecular flexibility index (Phi) is 6.13. The van der Waals surface area contributed by atoms with Gasteiger partial charge in [0.05, 0.1) is 11.4 Å². The molecule has 6 aromatic rings. The minimum Gasteiger partial charge on any atom is -0.256 e. The number of hydrogen-bond donors (Lipinski definition) is 0. The average Bonchev–Trinajstić information content (AvgIpc) is 2.89. The van der Waals surface area contributed by atoms with Gasteiger partial charge in [-0.1, -0.05) is 91.0 Å². The highest BCUT2D eigenvalue weighted by atomic mass is 14.7. The minimum absolute atomic E-state index is 1.03. The number of hydrogen-bond acceptors (Lipinski definition) is 2. The van der Waals surface area contributed by atoms with Crippen molar-refractivity contribution in [3.63, 3.8) is 0 Å². The second kappa shape index (κ2) is 9.68. The van der Waals surface area contributed by atoms with E-state index in [9.17, 15) is 0 Å². The Morgan fingerprint density at radius 2 is 1.09 bits per heavy atom. The van der Waals surface area contributed by atoms with Gasteiger partial charge in [-0.25, -0.2) is 0 Å². The lowest BCUT2D eigenvalue weighted by molar-refractivity contribution is 1.27. The fourth-order valence-corrected chi connectivity index (χ4v) is 4.06. The first-order chi connectivity index (χ1) is 16.7. The van der Waals surface area contributed by atoms with Crippen LogP contribution in [0, 0.1) is 13.8 Å². The van der Waals surface area contributed by atoms with Gasteiger partial charge in [-0.3, -0.25) is 9.97 Å². The SMILES string of the molecule is Cc1ccc(-c2ccc3ccccc3c2)nc1.Cc1ccc(-c2cccc3ccccc23)nc1. The summed E-state index contributed by atoms with van der Waals surface area (Å²) < 4.78 is 0. The Hall–Kier alpha value is -4.30. The molecule has 0 aliphatic rings. The lowest BCUT2D eigenvalue weighted by atomic mass is 10.0. The van der Waals surface area contributed by atoms with Crippen LogP contribution in [0.1, 0.15) is 11.1 Å². The van der Waals surface area contributed by atoms with Crippen LogP contribution in [0.25, 0.3) is 44.1 Å². The van der Waals surface area contributed by atoms with Gasteiger partial charge in [-0.05, 0) is 64.7 Å². The minimum atomic E-state index is 1.03. The molecular weight excluding hydrogens is 412 g/mol. The van der Waals surface area contributed by atoms with E-state index in [4.69, 9.17) is 0 Å². The van der Waals surface area contributed by atoms with E-state index in [2.05, 4.69) is 133 Å². The molecule has 0 bridgehead atoms. The molecule has 0 spiro atoms. The Morgan fingerprint density at radius 1 is 0.471 bits per heavy atom. The largest absolute Gasteiger partial charge is 0.256 e. The van der Waals surface area contributed by atoms with Crippen LogP contribution in [-0.2, 0) is 0 Å². The molecule has 0 saturated carbocycles. The summed E-state index contributed by atoms with van der Waals surface area (Å²) in [6.45, 7) is 4.11. The van der Waals surface area contributed by atoms with E-state index in [0.717, 1.165) is 11.4 Å². The van der Waals surface area contributed by atoms with Crippen LogP contribution in [-0.4, -0.2) is 9.97 Å². The van der Waals surface area contributed by atoms with E-state index in [1.807, 2.05) is 12.4 Å². The van der Waals surface area contributed by atoms with Crippen LogP contribution in [0.2, 0.25) is 0 Å². The van der Waals surface area contributed by atoms with Crippen LogP contribution in [0.15, 0.2) is 122 Å². The predicted molar refractivity (Wildman–Crippen MR) is 144 cm³/mol. The lowest BCUT2D eigenvalue weighted by Gasteiger charge is -2.06.